The van der Waals surface area contributed by atoms with Crippen LogP contribution >= 0.6 is 22.7 Å². The molecule has 10 heteroatoms. The highest BCUT2D eigenvalue weighted by Gasteiger charge is 2.21. The molecule has 0 fully saturated rings. The molecule has 0 aliphatic carbocycles. The molecule has 2 heterocycles. The van der Waals surface area contributed by atoms with Crippen molar-refractivity contribution in [2.45, 2.75) is 72.6 Å². The summed E-state index contributed by atoms with van der Waals surface area (Å²) in [6, 6.07) is 25.5. The summed E-state index contributed by atoms with van der Waals surface area (Å²) >= 11 is 3.07. The van der Waals surface area contributed by atoms with Crippen molar-refractivity contribution in [2.24, 2.45) is 0 Å². The number of hydrogen-bond acceptors (Lipinski definition) is 10. The Kier molecular flexibility index (Phi) is 15.8. The number of rotatable bonds is 17. The van der Waals surface area contributed by atoms with Gasteiger partial charge in [0.15, 0.2) is 10.0 Å². The van der Waals surface area contributed by atoms with Crippen LogP contribution in [0.1, 0.15) is 86.3 Å². The summed E-state index contributed by atoms with van der Waals surface area (Å²) in [6.07, 6.45) is 10.5. The largest absolute Gasteiger partial charge is 0.495 e. The molecule has 0 atom stereocenters. The van der Waals surface area contributed by atoms with Crippen molar-refractivity contribution in [3.8, 4) is 27.3 Å². The van der Waals surface area contributed by atoms with Crippen LogP contribution in [0.5, 0.6) is 17.2 Å². The van der Waals surface area contributed by atoms with Gasteiger partial charge in [0.2, 0.25) is 0 Å². The molecule has 4 aromatic carbocycles. The molecule has 0 spiro atoms. The molecule has 0 bridgehead atoms. The molecule has 8 nitrogen and oxygen atoms in total. The number of ether oxygens (including phenoxy) is 4. The number of hydrogen-bond donors (Lipinski definition) is 0. The van der Waals surface area contributed by atoms with Crippen LogP contribution in [0, 0.1) is 6.92 Å². The normalized spacial score (nSPS) is 11.2. The van der Waals surface area contributed by atoms with Crippen LogP contribution in [0.15, 0.2) is 97.1 Å². The van der Waals surface area contributed by atoms with E-state index in [1.165, 1.54) is 39.7 Å². The zero-order valence-electron chi connectivity index (χ0n) is 32.9. The van der Waals surface area contributed by atoms with Crippen molar-refractivity contribution in [3.63, 3.8) is 0 Å². The number of carbonyl (C=O) groups is 2. The Hall–Kier alpha value is -5.32. The molecule has 6 rings (SSSR count). The van der Waals surface area contributed by atoms with Crippen LogP contribution in [0.25, 0.3) is 36.5 Å². The Morgan fingerprint density at radius 1 is 0.821 bits per heavy atom. The van der Waals surface area contributed by atoms with E-state index in [9.17, 15) is 9.59 Å². The topological polar surface area (TPSA) is 96.8 Å². The lowest BCUT2D eigenvalue weighted by molar-refractivity contribution is -0.137. The number of esters is 2. The predicted molar refractivity (Wildman–Crippen MR) is 230 cm³/mol. The van der Waals surface area contributed by atoms with Gasteiger partial charge in [0, 0.05) is 6.08 Å². The van der Waals surface area contributed by atoms with Crippen molar-refractivity contribution in [2.75, 3.05) is 20.3 Å². The van der Waals surface area contributed by atoms with Crippen molar-refractivity contribution in [1.82, 2.24) is 9.97 Å². The van der Waals surface area contributed by atoms with Crippen LogP contribution < -0.4 is 14.2 Å². The number of thiazole rings is 2. The van der Waals surface area contributed by atoms with Gasteiger partial charge < -0.3 is 18.9 Å². The molecule has 56 heavy (non-hydrogen) atoms. The van der Waals surface area contributed by atoms with Crippen LogP contribution in [-0.4, -0.2) is 42.2 Å². The summed E-state index contributed by atoms with van der Waals surface area (Å²) < 4.78 is 23.8. The number of nitrogens with zero attached hydrogens (tertiary/aromatic N) is 2. The van der Waals surface area contributed by atoms with Gasteiger partial charge in [-0.05, 0) is 118 Å². The molecule has 2 aromatic heterocycles. The first-order valence-corrected chi connectivity index (χ1v) is 20.7. The summed E-state index contributed by atoms with van der Waals surface area (Å²) in [4.78, 5) is 33.4. The number of carbonyl (C=O) groups excluding carboxylic acids is 2. The Labute approximate surface area is 337 Å². The highest BCUT2D eigenvalue weighted by molar-refractivity contribution is 7.28. The molecule has 0 aliphatic heterocycles. The molecule has 0 aliphatic rings. The van der Waals surface area contributed by atoms with E-state index in [4.69, 9.17) is 28.9 Å². The number of aryl methyl sites for hydroxylation is 2. The third kappa shape index (κ3) is 11.8. The molecule has 0 saturated carbocycles. The smallest absolute Gasteiger partial charge is 0.345 e. The predicted octanol–water partition coefficient (Wildman–Crippen LogP) is 12.2. The number of methoxy groups -OCH3 is 1. The second-order valence-electron chi connectivity index (χ2n) is 13.3. The van der Waals surface area contributed by atoms with Crippen LogP contribution in [0.4, 0.5) is 0 Å². The van der Waals surface area contributed by atoms with E-state index in [1.54, 1.807) is 30.6 Å². The van der Waals surface area contributed by atoms with E-state index in [2.05, 4.69) is 64.6 Å². The lowest BCUT2D eigenvalue weighted by Crippen LogP contribution is -2.09. The average Bonchev–Trinajstić information content (AvgIpc) is 3.85. The van der Waals surface area contributed by atoms with E-state index < -0.39 is 5.97 Å². The van der Waals surface area contributed by atoms with Gasteiger partial charge in [-0.25, -0.2) is 19.6 Å². The summed E-state index contributed by atoms with van der Waals surface area (Å²) in [7, 11) is 1.62. The SMILES string of the molecule is C=CC(=O)OCCCCCCOc1ccc(/C=C(\C)CC)cc1.CCCc1ccc(OC(=O)c2ccc(OC)c3sc(-c4nc5ccc(C)cc5s4)nc23)cc1. The third-order valence-corrected chi connectivity index (χ3v) is 11.1. The van der Waals surface area contributed by atoms with E-state index >= 15 is 0 Å². The summed E-state index contributed by atoms with van der Waals surface area (Å²) in [5.41, 5.74) is 6.91. The van der Waals surface area contributed by atoms with E-state index in [-0.39, 0.29) is 5.97 Å². The highest BCUT2D eigenvalue weighted by Crippen LogP contribution is 2.40. The fraction of sp³-hybridized carbons (Fsp3) is 0.304. The van der Waals surface area contributed by atoms with Gasteiger partial charge in [0.1, 0.15) is 22.8 Å². The zero-order chi connectivity index (χ0) is 39.9. The summed E-state index contributed by atoms with van der Waals surface area (Å²) in [5, 5.41) is 1.58. The number of fused-ring (bicyclic) bond motifs is 2. The Balaban J connectivity index is 0.000000231. The maximum absolute atomic E-state index is 13.1. The molecular formula is C46H50N2O6S2. The van der Waals surface area contributed by atoms with Crippen molar-refractivity contribution in [3.05, 3.63) is 119 Å². The first-order valence-electron chi connectivity index (χ1n) is 19.1. The molecule has 0 unspecified atom stereocenters. The van der Waals surface area contributed by atoms with Gasteiger partial charge in [-0.2, -0.15) is 0 Å². The minimum atomic E-state index is -0.442. The summed E-state index contributed by atoms with van der Waals surface area (Å²) in [5.74, 6) is 1.31. The second-order valence-corrected chi connectivity index (χ2v) is 15.4. The van der Waals surface area contributed by atoms with E-state index in [0.717, 1.165) is 82.2 Å². The fourth-order valence-corrected chi connectivity index (χ4v) is 7.89. The van der Waals surface area contributed by atoms with Gasteiger partial charge >= 0.3 is 11.9 Å². The molecule has 0 saturated heterocycles. The maximum Gasteiger partial charge on any atom is 0.345 e. The minimum Gasteiger partial charge on any atom is -0.495 e. The third-order valence-electron chi connectivity index (χ3n) is 8.92. The number of unbranched alkanes of at least 4 members (excludes halogenated alkanes) is 3. The van der Waals surface area contributed by atoms with Crippen molar-refractivity contribution in [1.29, 1.82) is 0 Å². The molecule has 292 valence electrons. The molecule has 0 amide bonds. The molecular weight excluding hydrogens is 741 g/mol. The Bertz CT molecular complexity index is 2250. The first kappa shape index (κ1) is 41.8. The Morgan fingerprint density at radius 2 is 1.54 bits per heavy atom. The summed E-state index contributed by atoms with van der Waals surface area (Å²) in [6.45, 7) is 13.1. The first-order chi connectivity index (χ1) is 27.2. The monoisotopic (exact) mass is 790 g/mol. The lowest BCUT2D eigenvalue weighted by Gasteiger charge is -2.07. The number of aromatic nitrogens is 2. The zero-order valence-corrected chi connectivity index (χ0v) is 34.5. The van der Waals surface area contributed by atoms with Gasteiger partial charge in [-0.3, -0.25) is 0 Å². The van der Waals surface area contributed by atoms with E-state index in [1.807, 2.05) is 42.5 Å². The minimum absolute atomic E-state index is 0.347. The van der Waals surface area contributed by atoms with Crippen LogP contribution in [-0.2, 0) is 16.0 Å². The van der Waals surface area contributed by atoms with Gasteiger partial charge in [0.05, 0.1) is 40.8 Å². The molecule has 0 N–H and O–H groups in total. The molecule has 6 aromatic rings. The molecule has 0 radical (unpaired) electrons. The fourth-order valence-electron chi connectivity index (χ4n) is 5.72. The van der Waals surface area contributed by atoms with Crippen molar-refractivity contribution < 1.29 is 28.5 Å². The lowest BCUT2D eigenvalue weighted by atomic mass is 10.1. The second kappa shape index (κ2) is 21.1. The van der Waals surface area contributed by atoms with E-state index in [0.29, 0.717) is 29.2 Å². The standard InChI is InChI=1S/C26H22N2O3S2.C20H28O3/c1-4-5-16-7-9-17(10-8-16)31-26(29)18-11-13-20(30-3)23-22(18)28-25(33-23)24-27-19-12-6-15(2)14-21(19)32-24;1-4-17(3)16-18-10-12-19(13-11-18)22-14-8-6-7-9-15-23-20(21)5-2/h6-14H,4-5H2,1-3H3;5,10-13,16H,2,4,6-9,14-15H2,1,3H3/b;17-16+. The van der Waals surface area contributed by atoms with Gasteiger partial charge in [-0.1, -0.05) is 68.8 Å². The van der Waals surface area contributed by atoms with Gasteiger partial charge in [0.25, 0.3) is 0 Å². The van der Waals surface area contributed by atoms with Gasteiger partial charge in [-0.15, -0.1) is 22.7 Å². The highest BCUT2D eigenvalue weighted by atomic mass is 32.1. The van der Waals surface area contributed by atoms with Crippen LogP contribution in [0.3, 0.4) is 0 Å². The van der Waals surface area contributed by atoms with Crippen molar-refractivity contribution >= 4 is 61.1 Å². The quantitative estimate of drug-likeness (QED) is 0.0390. The Morgan fingerprint density at radius 3 is 2.23 bits per heavy atom. The van der Waals surface area contributed by atoms with Crippen LogP contribution in [0.2, 0.25) is 0 Å². The average molecular weight is 791 g/mol. The number of allylic oxidation sites excluding steroid dienone is 1. The number of benzene rings is 4. The maximum atomic E-state index is 13.1.